The predicted octanol–water partition coefficient (Wildman–Crippen LogP) is 1.74. The van der Waals surface area contributed by atoms with Crippen LogP contribution in [0.2, 0.25) is 0 Å². The molecule has 0 aromatic carbocycles. The summed E-state index contributed by atoms with van der Waals surface area (Å²) < 4.78 is 7.99. The molecule has 2 unspecified atom stereocenters. The van der Waals surface area contributed by atoms with Gasteiger partial charge in [0.05, 0.1) is 23.0 Å². The van der Waals surface area contributed by atoms with Crippen molar-refractivity contribution in [3.8, 4) is 0 Å². The molecule has 0 spiro atoms. The number of hydrogen-bond donors (Lipinski definition) is 1. The molecule has 1 saturated heterocycles. The van der Waals surface area contributed by atoms with Crippen molar-refractivity contribution < 1.29 is 9.84 Å². The lowest BCUT2D eigenvalue weighted by atomic mass is 9.99. The summed E-state index contributed by atoms with van der Waals surface area (Å²) in [6, 6.07) is 0. The largest absolute Gasteiger partial charge is 0.386 e. The minimum atomic E-state index is -0.482. The molecule has 0 aliphatic carbocycles. The van der Waals surface area contributed by atoms with Gasteiger partial charge in [-0.3, -0.25) is 4.68 Å². The van der Waals surface area contributed by atoms with Crippen molar-refractivity contribution in [3.05, 3.63) is 16.4 Å². The van der Waals surface area contributed by atoms with Gasteiger partial charge < -0.3 is 9.84 Å². The molecule has 2 rings (SSSR count). The van der Waals surface area contributed by atoms with Crippen molar-refractivity contribution in [2.24, 2.45) is 5.92 Å². The van der Waals surface area contributed by atoms with E-state index in [0.717, 1.165) is 29.7 Å². The molecule has 1 aliphatic rings. The molecule has 4 nitrogen and oxygen atoms in total. The van der Waals surface area contributed by atoms with Gasteiger partial charge in [-0.25, -0.2) is 0 Å². The molecule has 1 fully saturated rings. The smallest absolute Gasteiger partial charge is 0.102 e. The topological polar surface area (TPSA) is 47.3 Å². The van der Waals surface area contributed by atoms with Crippen molar-refractivity contribution in [2.75, 3.05) is 13.2 Å². The lowest BCUT2D eigenvalue weighted by Crippen LogP contribution is -2.17. The number of aliphatic hydroxyl groups excluding tert-OH is 1. The van der Waals surface area contributed by atoms with Crippen LogP contribution in [0.5, 0.6) is 0 Å². The molecule has 1 aromatic rings. The maximum Gasteiger partial charge on any atom is 0.102 e. The number of hydrogen-bond acceptors (Lipinski definition) is 3. The maximum absolute atomic E-state index is 10.2. The third-order valence-electron chi connectivity index (χ3n) is 2.82. The fraction of sp³-hybridized carbons (Fsp3) is 0.700. The fourth-order valence-corrected chi connectivity index (χ4v) is 2.47. The first-order valence-electron chi connectivity index (χ1n) is 5.21. The summed E-state index contributed by atoms with van der Waals surface area (Å²) in [5.41, 5.74) is 0.869. The molecule has 1 N–H and O–H groups in total. The number of aliphatic hydroxyl groups is 1. The van der Waals surface area contributed by atoms with E-state index in [-0.39, 0.29) is 5.92 Å². The molecule has 2 heterocycles. The van der Waals surface area contributed by atoms with Crippen LogP contribution in [0.1, 0.15) is 25.1 Å². The minimum absolute atomic E-state index is 0.197. The number of rotatable bonds is 3. The lowest BCUT2D eigenvalue weighted by Gasteiger charge is -2.18. The number of ether oxygens (including phenoxy) is 1. The van der Waals surface area contributed by atoms with E-state index >= 15 is 0 Å². The zero-order valence-corrected chi connectivity index (χ0v) is 10.3. The Labute approximate surface area is 97.4 Å². The molecule has 0 radical (unpaired) electrons. The van der Waals surface area contributed by atoms with Crippen LogP contribution in [0.3, 0.4) is 0 Å². The Morgan fingerprint density at radius 2 is 2.60 bits per heavy atom. The molecule has 2 atom stereocenters. The molecule has 0 bridgehead atoms. The third kappa shape index (κ3) is 2.09. The average Bonchev–Trinajstić information content (AvgIpc) is 2.85. The van der Waals surface area contributed by atoms with Crippen LogP contribution < -0.4 is 0 Å². The SMILES string of the molecule is CCn1ncc(Br)c1C(O)C1CCOC1. The summed E-state index contributed by atoms with van der Waals surface area (Å²) in [7, 11) is 0. The van der Waals surface area contributed by atoms with Crippen LogP contribution in [0.25, 0.3) is 0 Å². The van der Waals surface area contributed by atoms with Crippen molar-refractivity contribution in [3.63, 3.8) is 0 Å². The summed E-state index contributed by atoms with van der Waals surface area (Å²) in [6.45, 7) is 4.18. The highest BCUT2D eigenvalue weighted by atomic mass is 79.9. The van der Waals surface area contributed by atoms with Crippen molar-refractivity contribution in [2.45, 2.75) is 26.0 Å². The number of aryl methyl sites for hydroxylation is 1. The summed E-state index contributed by atoms with van der Waals surface area (Å²) in [4.78, 5) is 0. The first-order valence-corrected chi connectivity index (χ1v) is 6.00. The molecule has 0 saturated carbocycles. The predicted molar refractivity (Wildman–Crippen MR) is 59.5 cm³/mol. The second kappa shape index (κ2) is 4.63. The van der Waals surface area contributed by atoms with Gasteiger partial charge in [-0.15, -0.1) is 0 Å². The molecule has 1 aromatic heterocycles. The molecule has 84 valence electrons. The van der Waals surface area contributed by atoms with Crippen molar-refractivity contribution in [1.82, 2.24) is 9.78 Å². The van der Waals surface area contributed by atoms with Crippen LogP contribution in [0.4, 0.5) is 0 Å². The first-order chi connectivity index (χ1) is 7.24. The van der Waals surface area contributed by atoms with Gasteiger partial charge in [-0.05, 0) is 29.3 Å². The van der Waals surface area contributed by atoms with Crippen LogP contribution in [0.15, 0.2) is 10.7 Å². The standard InChI is InChI=1S/C10H15BrN2O2/c1-2-13-9(8(11)5-12-13)10(14)7-3-4-15-6-7/h5,7,10,14H,2-4,6H2,1H3. The van der Waals surface area contributed by atoms with E-state index < -0.39 is 6.10 Å². The molecule has 0 amide bonds. The molecule has 1 aliphatic heterocycles. The van der Waals surface area contributed by atoms with Gasteiger partial charge in [-0.1, -0.05) is 0 Å². The quantitative estimate of drug-likeness (QED) is 0.914. The summed E-state index contributed by atoms with van der Waals surface area (Å²) in [5.74, 6) is 0.197. The van der Waals surface area contributed by atoms with Crippen molar-refractivity contribution in [1.29, 1.82) is 0 Å². The van der Waals surface area contributed by atoms with Crippen LogP contribution in [-0.4, -0.2) is 28.1 Å². The van der Waals surface area contributed by atoms with E-state index in [2.05, 4.69) is 21.0 Å². The highest BCUT2D eigenvalue weighted by molar-refractivity contribution is 9.10. The summed E-state index contributed by atoms with van der Waals surface area (Å²) in [5, 5.41) is 14.4. The molecule has 15 heavy (non-hydrogen) atoms. The maximum atomic E-state index is 10.2. The van der Waals surface area contributed by atoms with Gasteiger partial charge in [0.1, 0.15) is 6.10 Å². The van der Waals surface area contributed by atoms with E-state index in [1.165, 1.54) is 0 Å². The van der Waals surface area contributed by atoms with Gasteiger partial charge in [0.25, 0.3) is 0 Å². The third-order valence-corrected chi connectivity index (χ3v) is 3.44. The van der Waals surface area contributed by atoms with E-state index in [9.17, 15) is 5.11 Å². The van der Waals surface area contributed by atoms with Gasteiger partial charge in [0.15, 0.2) is 0 Å². The highest BCUT2D eigenvalue weighted by Gasteiger charge is 2.29. The Kier molecular flexibility index (Phi) is 3.43. The van der Waals surface area contributed by atoms with Crippen LogP contribution in [-0.2, 0) is 11.3 Å². The van der Waals surface area contributed by atoms with Crippen molar-refractivity contribution >= 4 is 15.9 Å². The fourth-order valence-electron chi connectivity index (χ4n) is 1.94. The Bertz CT molecular complexity index is 334. The molecule has 5 heteroatoms. The minimum Gasteiger partial charge on any atom is -0.386 e. The molecular formula is C10H15BrN2O2. The second-order valence-corrected chi connectivity index (χ2v) is 4.62. The summed E-state index contributed by atoms with van der Waals surface area (Å²) in [6.07, 6.45) is 2.17. The Balaban J connectivity index is 2.22. The molecular weight excluding hydrogens is 260 g/mol. The van der Waals surface area contributed by atoms with Crippen LogP contribution >= 0.6 is 15.9 Å². The van der Waals surface area contributed by atoms with Gasteiger partial charge in [0.2, 0.25) is 0 Å². The Hall–Kier alpha value is -0.390. The van der Waals surface area contributed by atoms with Gasteiger partial charge >= 0.3 is 0 Å². The Morgan fingerprint density at radius 3 is 3.20 bits per heavy atom. The number of halogens is 1. The van der Waals surface area contributed by atoms with E-state index in [0.29, 0.717) is 6.61 Å². The van der Waals surface area contributed by atoms with E-state index in [1.807, 2.05) is 11.6 Å². The zero-order valence-electron chi connectivity index (χ0n) is 8.69. The van der Waals surface area contributed by atoms with Crippen LogP contribution in [0, 0.1) is 5.92 Å². The van der Waals surface area contributed by atoms with Gasteiger partial charge in [0, 0.05) is 19.1 Å². The van der Waals surface area contributed by atoms with Gasteiger partial charge in [-0.2, -0.15) is 5.10 Å². The zero-order chi connectivity index (χ0) is 10.8. The number of aromatic nitrogens is 2. The van der Waals surface area contributed by atoms with E-state index in [4.69, 9.17) is 4.74 Å². The highest BCUT2D eigenvalue weighted by Crippen LogP contribution is 2.32. The lowest BCUT2D eigenvalue weighted by molar-refractivity contribution is 0.0841. The van der Waals surface area contributed by atoms with E-state index in [1.54, 1.807) is 6.20 Å². The first kappa shape index (κ1) is 11.1. The monoisotopic (exact) mass is 274 g/mol. The Morgan fingerprint density at radius 1 is 1.80 bits per heavy atom. The average molecular weight is 275 g/mol. The second-order valence-electron chi connectivity index (χ2n) is 3.76. The normalized spacial score (nSPS) is 23.3. The number of nitrogens with zero attached hydrogens (tertiary/aromatic N) is 2. The summed E-state index contributed by atoms with van der Waals surface area (Å²) >= 11 is 3.42.